The molecule has 51 heavy (non-hydrogen) atoms. The first kappa shape index (κ1) is 28.9. The number of furan rings is 1. The number of pyridine rings is 5. The van der Waals surface area contributed by atoms with Gasteiger partial charge in [-0.15, -0.1) is 0 Å². The summed E-state index contributed by atoms with van der Waals surface area (Å²) in [6.07, 6.45) is 3.58. The quantitative estimate of drug-likeness (QED) is 0.172. The lowest BCUT2D eigenvalue weighted by atomic mass is 9.97. The SMILES string of the molecule is c1ccc(-c2ccc3ccc4ccc(-c5ccc6c(c5)nc(-c5ccccc5)c5c(-c7ccccn7)c(-c7ccccn7)oc56)nc4c3n2)cc1. The fourth-order valence-corrected chi connectivity index (χ4v) is 6.93. The van der Waals surface area contributed by atoms with Crippen molar-refractivity contribution in [2.75, 3.05) is 0 Å². The third-order valence-electron chi connectivity index (χ3n) is 9.37. The molecule has 4 aromatic carbocycles. The third kappa shape index (κ3) is 4.92. The predicted octanol–water partition coefficient (Wildman–Crippen LogP) is 11.2. The summed E-state index contributed by atoms with van der Waals surface area (Å²) >= 11 is 0. The van der Waals surface area contributed by atoms with Crippen molar-refractivity contribution in [2.45, 2.75) is 0 Å². The smallest absolute Gasteiger partial charge is 0.163 e. The van der Waals surface area contributed by atoms with Crippen molar-refractivity contribution in [3.8, 4) is 56.5 Å². The Bertz CT molecular complexity index is 2890. The molecule has 0 amide bonds. The van der Waals surface area contributed by atoms with E-state index in [1.165, 1.54) is 0 Å². The lowest BCUT2D eigenvalue weighted by Gasteiger charge is -2.10. The zero-order valence-corrected chi connectivity index (χ0v) is 27.2. The Labute approximate surface area is 292 Å². The van der Waals surface area contributed by atoms with Crippen molar-refractivity contribution in [3.63, 3.8) is 0 Å². The third-order valence-corrected chi connectivity index (χ3v) is 9.37. The Balaban J connectivity index is 1.21. The van der Waals surface area contributed by atoms with E-state index in [1.54, 1.807) is 12.4 Å². The molecule has 6 nitrogen and oxygen atoms in total. The van der Waals surface area contributed by atoms with Crippen LogP contribution in [0.5, 0.6) is 0 Å². The second kappa shape index (κ2) is 11.8. The zero-order chi connectivity index (χ0) is 33.7. The molecule has 238 valence electrons. The van der Waals surface area contributed by atoms with E-state index >= 15 is 0 Å². The first-order valence-electron chi connectivity index (χ1n) is 16.8. The van der Waals surface area contributed by atoms with Crippen LogP contribution in [0.25, 0.3) is 100 Å². The van der Waals surface area contributed by atoms with Gasteiger partial charge in [-0.3, -0.25) is 9.97 Å². The van der Waals surface area contributed by atoms with Crippen molar-refractivity contribution in [3.05, 3.63) is 164 Å². The first-order chi connectivity index (χ1) is 25.3. The molecule has 6 aromatic heterocycles. The van der Waals surface area contributed by atoms with Crippen LogP contribution in [-0.2, 0) is 0 Å². The molecular weight excluding hydrogens is 627 g/mol. The van der Waals surface area contributed by atoms with Gasteiger partial charge in [-0.05, 0) is 48.5 Å². The summed E-state index contributed by atoms with van der Waals surface area (Å²) in [5.74, 6) is 0.658. The Morgan fingerprint density at radius 3 is 1.67 bits per heavy atom. The summed E-state index contributed by atoms with van der Waals surface area (Å²) in [7, 11) is 0. The molecule has 0 unspecified atom stereocenters. The molecule has 0 aliphatic carbocycles. The van der Waals surface area contributed by atoms with Crippen LogP contribution in [0.2, 0.25) is 0 Å². The molecule has 0 aliphatic rings. The van der Waals surface area contributed by atoms with Crippen LogP contribution in [0.4, 0.5) is 0 Å². The second-order valence-electron chi connectivity index (χ2n) is 12.5. The molecule has 10 aromatic rings. The van der Waals surface area contributed by atoms with E-state index in [2.05, 4.69) is 83.8 Å². The standard InChI is InChI=1S/C45H27N5O/c1-3-11-28(12-4-1)34-23-20-30-17-18-31-21-24-35(49-43(31)42(30)48-34)32-19-22-33-38(27-32)50-41(29-13-5-2-6-14-29)40-39(36-15-7-9-25-46-36)45(51-44(33)40)37-16-8-10-26-47-37/h1-27H. The van der Waals surface area contributed by atoms with Crippen LogP contribution in [0.15, 0.2) is 168 Å². The number of nitrogens with zero attached hydrogens (tertiary/aromatic N) is 5. The van der Waals surface area contributed by atoms with Crippen LogP contribution in [0, 0.1) is 0 Å². The van der Waals surface area contributed by atoms with Gasteiger partial charge in [0.2, 0.25) is 0 Å². The molecule has 0 radical (unpaired) electrons. The summed E-state index contributed by atoms with van der Waals surface area (Å²) in [6, 6.07) is 51.1. The number of hydrogen-bond donors (Lipinski definition) is 0. The van der Waals surface area contributed by atoms with E-state index in [0.29, 0.717) is 5.76 Å². The minimum Gasteiger partial charge on any atom is -0.453 e. The fraction of sp³-hybridized carbons (Fsp3) is 0. The fourth-order valence-electron chi connectivity index (χ4n) is 6.93. The lowest BCUT2D eigenvalue weighted by molar-refractivity contribution is 0.632. The van der Waals surface area contributed by atoms with Gasteiger partial charge >= 0.3 is 0 Å². The Hall–Kier alpha value is -7.05. The minimum atomic E-state index is 0.658. The molecule has 0 fully saturated rings. The number of fused-ring (bicyclic) bond motifs is 6. The largest absolute Gasteiger partial charge is 0.453 e. The summed E-state index contributed by atoms with van der Waals surface area (Å²) < 4.78 is 6.85. The summed E-state index contributed by atoms with van der Waals surface area (Å²) in [6.45, 7) is 0. The molecule has 0 atom stereocenters. The second-order valence-corrected chi connectivity index (χ2v) is 12.5. The summed E-state index contributed by atoms with van der Waals surface area (Å²) in [5.41, 5.74) is 11.3. The van der Waals surface area contributed by atoms with Gasteiger partial charge in [-0.2, -0.15) is 0 Å². The molecule has 6 heteroatoms. The van der Waals surface area contributed by atoms with Crippen molar-refractivity contribution in [1.82, 2.24) is 24.9 Å². The van der Waals surface area contributed by atoms with Gasteiger partial charge in [0.05, 0.1) is 50.3 Å². The number of rotatable bonds is 5. The van der Waals surface area contributed by atoms with Gasteiger partial charge in [0.1, 0.15) is 11.3 Å². The Morgan fingerprint density at radius 1 is 0.431 bits per heavy atom. The van der Waals surface area contributed by atoms with E-state index < -0.39 is 0 Å². The Morgan fingerprint density at radius 2 is 1.02 bits per heavy atom. The number of aromatic nitrogens is 5. The maximum Gasteiger partial charge on any atom is 0.163 e. The van der Waals surface area contributed by atoms with Gasteiger partial charge in [0.25, 0.3) is 0 Å². The van der Waals surface area contributed by atoms with Crippen molar-refractivity contribution in [2.24, 2.45) is 0 Å². The van der Waals surface area contributed by atoms with E-state index in [0.717, 1.165) is 94.4 Å². The van der Waals surface area contributed by atoms with E-state index in [1.807, 2.05) is 72.8 Å². The first-order valence-corrected chi connectivity index (χ1v) is 16.8. The average molecular weight is 654 g/mol. The highest BCUT2D eigenvalue weighted by atomic mass is 16.3. The summed E-state index contributed by atoms with van der Waals surface area (Å²) in [5, 5.41) is 3.88. The Kier molecular flexibility index (Phi) is 6.70. The maximum atomic E-state index is 6.85. The minimum absolute atomic E-state index is 0.658. The zero-order valence-electron chi connectivity index (χ0n) is 27.2. The van der Waals surface area contributed by atoms with E-state index in [9.17, 15) is 0 Å². The topological polar surface area (TPSA) is 77.6 Å². The highest BCUT2D eigenvalue weighted by Crippen LogP contribution is 2.46. The van der Waals surface area contributed by atoms with E-state index in [-0.39, 0.29) is 0 Å². The molecule has 0 bridgehead atoms. The number of benzene rings is 4. The van der Waals surface area contributed by atoms with Crippen LogP contribution in [0.1, 0.15) is 0 Å². The predicted molar refractivity (Wildman–Crippen MR) is 205 cm³/mol. The van der Waals surface area contributed by atoms with Crippen LogP contribution < -0.4 is 0 Å². The molecule has 0 aliphatic heterocycles. The molecule has 0 saturated carbocycles. The summed E-state index contributed by atoms with van der Waals surface area (Å²) in [4.78, 5) is 25.1. The highest BCUT2D eigenvalue weighted by molar-refractivity contribution is 6.16. The monoisotopic (exact) mass is 653 g/mol. The normalized spacial score (nSPS) is 11.5. The van der Waals surface area contributed by atoms with Gasteiger partial charge in [-0.25, -0.2) is 15.0 Å². The van der Waals surface area contributed by atoms with Crippen LogP contribution in [-0.4, -0.2) is 24.9 Å². The van der Waals surface area contributed by atoms with Gasteiger partial charge < -0.3 is 4.42 Å². The molecule has 10 rings (SSSR count). The molecule has 0 N–H and O–H groups in total. The molecule has 0 spiro atoms. The van der Waals surface area contributed by atoms with Gasteiger partial charge in [0, 0.05) is 45.2 Å². The van der Waals surface area contributed by atoms with Crippen molar-refractivity contribution in [1.29, 1.82) is 0 Å². The van der Waals surface area contributed by atoms with E-state index in [4.69, 9.17) is 24.4 Å². The molecular formula is C45H27N5O. The maximum absolute atomic E-state index is 6.85. The highest BCUT2D eigenvalue weighted by Gasteiger charge is 2.25. The van der Waals surface area contributed by atoms with Crippen molar-refractivity contribution < 1.29 is 4.42 Å². The van der Waals surface area contributed by atoms with Crippen molar-refractivity contribution >= 4 is 43.7 Å². The van der Waals surface area contributed by atoms with Gasteiger partial charge in [0.15, 0.2) is 5.76 Å². The van der Waals surface area contributed by atoms with Crippen LogP contribution in [0.3, 0.4) is 0 Å². The average Bonchev–Trinajstić information content (AvgIpc) is 3.62. The molecule has 6 heterocycles. The van der Waals surface area contributed by atoms with Crippen LogP contribution >= 0.6 is 0 Å². The number of hydrogen-bond acceptors (Lipinski definition) is 6. The molecule has 0 saturated heterocycles. The van der Waals surface area contributed by atoms with Gasteiger partial charge in [-0.1, -0.05) is 103 Å². The lowest BCUT2D eigenvalue weighted by Crippen LogP contribution is -1.93.